The van der Waals surface area contributed by atoms with Gasteiger partial charge in [-0.3, -0.25) is 0 Å². The molecule has 0 aromatic carbocycles. The maximum atomic E-state index is 12.5. The Hall–Kier alpha value is -1.81. The molecule has 0 bridgehead atoms. The standard InChI is InChI=1S/C43H78N2O2/c1-3-5-7-9-11-13-15-17-19-21-23-25-27-29-31-33-36-42(47-43(46)44-38-41-45-39-35-40-45)37-34-32-30-28-26-24-22-20-18-16-14-12-10-8-6-4-2/h11-14,17-20,42H,3-10,15-16,21-41H2,1-2H3,(H,44,46)/b13-11-,14-12-,19-17-,20-18-. The highest BCUT2D eigenvalue weighted by Gasteiger charge is 2.16. The van der Waals surface area contributed by atoms with Gasteiger partial charge < -0.3 is 15.0 Å². The predicted molar refractivity (Wildman–Crippen MR) is 207 cm³/mol. The van der Waals surface area contributed by atoms with E-state index in [1.807, 2.05) is 0 Å². The molecule has 1 aliphatic heterocycles. The topological polar surface area (TPSA) is 41.6 Å². The van der Waals surface area contributed by atoms with Crippen LogP contribution in [0.1, 0.15) is 187 Å². The second-order valence-corrected chi connectivity index (χ2v) is 13.9. The lowest BCUT2D eigenvalue weighted by molar-refractivity contribution is 0.0824. The summed E-state index contributed by atoms with van der Waals surface area (Å²) in [5, 5.41) is 3.00. The normalized spacial score (nSPS) is 14.0. The third-order valence-electron chi connectivity index (χ3n) is 9.37. The molecule has 1 N–H and O–H groups in total. The molecule has 0 aromatic heterocycles. The number of hydrogen-bond acceptors (Lipinski definition) is 3. The van der Waals surface area contributed by atoms with Crippen LogP contribution < -0.4 is 5.32 Å². The van der Waals surface area contributed by atoms with Crippen LogP contribution in [-0.4, -0.2) is 43.3 Å². The van der Waals surface area contributed by atoms with E-state index < -0.39 is 0 Å². The van der Waals surface area contributed by atoms with E-state index in [9.17, 15) is 4.79 Å². The number of nitrogens with one attached hydrogen (secondary N) is 1. The van der Waals surface area contributed by atoms with E-state index in [2.05, 4.69) is 72.7 Å². The summed E-state index contributed by atoms with van der Waals surface area (Å²) in [6.45, 7) is 8.49. The second kappa shape index (κ2) is 35.5. The molecule has 0 aromatic rings. The molecule has 1 saturated heterocycles. The first kappa shape index (κ1) is 43.2. The van der Waals surface area contributed by atoms with Crippen LogP contribution >= 0.6 is 0 Å². The fourth-order valence-electron chi connectivity index (χ4n) is 6.10. The van der Waals surface area contributed by atoms with Crippen molar-refractivity contribution in [3.8, 4) is 0 Å². The summed E-state index contributed by atoms with van der Waals surface area (Å²) < 4.78 is 5.94. The lowest BCUT2D eigenvalue weighted by Crippen LogP contribution is -2.42. The Labute approximate surface area is 293 Å². The van der Waals surface area contributed by atoms with Crippen molar-refractivity contribution < 1.29 is 9.53 Å². The Balaban J connectivity index is 2.12. The van der Waals surface area contributed by atoms with Gasteiger partial charge in [0.15, 0.2) is 0 Å². The number of likely N-dealkylation sites (tertiary alicyclic amines) is 1. The van der Waals surface area contributed by atoms with Crippen molar-refractivity contribution in [1.82, 2.24) is 10.2 Å². The fraction of sp³-hybridized carbons (Fsp3) is 0.791. The molecular formula is C43H78N2O2. The Morgan fingerprint density at radius 1 is 0.574 bits per heavy atom. The summed E-state index contributed by atoms with van der Waals surface area (Å²) >= 11 is 0. The first-order valence-corrected chi connectivity index (χ1v) is 20.5. The molecule has 0 aliphatic carbocycles. The molecule has 0 spiro atoms. The lowest BCUT2D eigenvalue weighted by atomic mass is 10.0. The average molecular weight is 655 g/mol. The summed E-state index contributed by atoms with van der Waals surface area (Å²) in [6.07, 6.45) is 52.2. The van der Waals surface area contributed by atoms with Crippen LogP contribution in [-0.2, 0) is 4.74 Å². The van der Waals surface area contributed by atoms with Gasteiger partial charge in [-0.05, 0) is 109 Å². The first-order valence-electron chi connectivity index (χ1n) is 20.5. The van der Waals surface area contributed by atoms with Crippen molar-refractivity contribution in [3.63, 3.8) is 0 Å². The smallest absolute Gasteiger partial charge is 0.407 e. The van der Waals surface area contributed by atoms with E-state index in [-0.39, 0.29) is 12.2 Å². The number of unbranched alkanes of at least 4 members (excludes halogenated alkanes) is 18. The molecule has 1 aliphatic rings. The van der Waals surface area contributed by atoms with Gasteiger partial charge in [-0.15, -0.1) is 0 Å². The minimum atomic E-state index is -0.212. The molecule has 0 saturated carbocycles. The summed E-state index contributed by atoms with van der Waals surface area (Å²) in [6, 6.07) is 0. The Bertz CT molecular complexity index is 735. The van der Waals surface area contributed by atoms with Crippen molar-refractivity contribution in [3.05, 3.63) is 48.6 Å². The van der Waals surface area contributed by atoms with E-state index in [1.165, 1.54) is 161 Å². The van der Waals surface area contributed by atoms with Gasteiger partial charge in [0.2, 0.25) is 0 Å². The number of alkyl carbamates (subject to hydrolysis) is 1. The highest BCUT2D eigenvalue weighted by atomic mass is 16.6. The summed E-state index contributed by atoms with van der Waals surface area (Å²) in [7, 11) is 0. The SMILES string of the molecule is CCCCC/C=C\C/C=C\CCCCCCCCC(CCCCCCCC/C=C\C/C=C\CCCCC)OC(=O)NCCN1CCC1. The van der Waals surface area contributed by atoms with Gasteiger partial charge in [0.05, 0.1) is 0 Å². The molecule has 1 fully saturated rings. The number of hydrogen-bond donors (Lipinski definition) is 1. The van der Waals surface area contributed by atoms with Crippen molar-refractivity contribution in [1.29, 1.82) is 0 Å². The minimum Gasteiger partial charge on any atom is -0.446 e. The van der Waals surface area contributed by atoms with Gasteiger partial charge in [0.1, 0.15) is 6.10 Å². The van der Waals surface area contributed by atoms with E-state index in [1.54, 1.807) is 0 Å². The van der Waals surface area contributed by atoms with Gasteiger partial charge in [-0.25, -0.2) is 4.79 Å². The molecule has 4 nitrogen and oxygen atoms in total. The van der Waals surface area contributed by atoms with E-state index in [4.69, 9.17) is 4.74 Å². The summed E-state index contributed by atoms with van der Waals surface area (Å²) in [5.41, 5.74) is 0. The quantitative estimate of drug-likeness (QED) is 0.0554. The monoisotopic (exact) mass is 655 g/mol. The molecular weight excluding hydrogens is 576 g/mol. The number of allylic oxidation sites excluding steroid dienone is 8. The largest absolute Gasteiger partial charge is 0.446 e. The first-order chi connectivity index (χ1) is 23.3. The van der Waals surface area contributed by atoms with Gasteiger partial charge in [-0.1, -0.05) is 140 Å². The van der Waals surface area contributed by atoms with Crippen LogP contribution in [0.4, 0.5) is 4.79 Å². The van der Waals surface area contributed by atoms with Crippen LogP contribution in [0.5, 0.6) is 0 Å². The molecule has 0 unspecified atom stereocenters. The van der Waals surface area contributed by atoms with E-state index in [0.29, 0.717) is 6.54 Å². The molecule has 1 rings (SSSR count). The number of ether oxygens (including phenoxy) is 1. The van der Waals surface area contributed by atoms with E-state index in [0.717, 1.165) is 32.2 Å². The molecule has 1 heterocycles. The number of carbonyl (C=O) groups is 1. The van der Waals surface area contributed by atoms with Crippen LogP contribution in [0.3, 0.4) is 0 Å². The van der Waals surface area contributed by atoms with Crippen molar-refractivity contribution in [2.24, 2.45) is 0 Å². The zero-order valence-corrected chi connectivity index (χ0v) is 31.4. The zero-order chi connectivity index (χ0) is 33.7. The number of carbonyl (C=O) groups excluding carboxylic acids is 1. The Morgan fingerprint density at radius 2 is 0.979 bits per heavy atom. The van der Waals surface area contributed by atoms with Crippen LogP contribution in [0.25, 0.3) is 0 Å². The summed E-state index contributed by atoms with van der Waals surface area (Å²) in [5.74, 6) is 0. The zero-order valence-electron chi connectivity index (χ0n) is 31.4. The molecule has 4 heteroatoms. The predicted octanol–water partition coefficient (Wildman–Crippen LogP) is 13.2. The number of amides is 1. The van der Waals surface area contributed by atoms with Crippen LogP contribution in [0, 0.1) is 0 Å². The molecule has 1 amide bonds. The highest BCUT2D eigenvalue weighted by molar-refractivity contribution is 5.67. The molecule has 0 atom stereocenters. The number of rotatable bonds is 34. The Morgan fingerprint density at radius 3 is 1.38 bits per heavy atom. The summed E-state index contributed by atoms with van der Waals surface area (Å²) in [4.78, 5) is 14.9. The van der Waals surface area contributed by atoms with Crippen LogP contribution in [0.2, 0.25) is 0 Å². The molecule has 47 heavy (non-hydrogen) atoms. The number of nitrogens with zero attached hydrogens (tertiary/aromatic N) is 1. The van der Waals surface area contributed by atoms with Gasteiger partial charge in [0, 0.05) is 13.1 Å². The Kier molecular flexibility index (Phi) is 32.6. The second-order valence-electron chi connectivity index (χ2n) is 13.9. The van der Waals surface area contributed by atoms with Gasteiger partial charge in [-0.2, -0.15) is 0 Å². The van der Waals surface area contributed by atoms with Crippen molar-refractivity contribution in [2.45, 2.75) is 193 Å². The third kappa shape index (κ3) is 31.2. The average Bonchev–Trinajstić information content (AvgIpc) is 3.05. The van der Waals surface area contributed by atoms with E-state index >= 15 is 0 Å². The van der Waals surface area contributed by atoms with Crippen molar-refractivity contribution in [2.75, 3.05) is 26.2 Å². The fourth-order valence-corrected chi connectivity index (χ4v) is 6.10. The van der Waals surface area contributed by atoms with Crippen molar-refractivity contribution >= 4 is 6.09 Å². The maximum absolute atomic E-state index is 12.5. The third-order valence-corrected chi connectivity index (χ3v) is 9.37. The highest BCUT2D eigenvalue weighted by Crippen LogP contribution is 2.18. The molecule has 0 radical (unpaired) electrons. The molecule has 272 valence electrons. The van der Waals surface area contributed by atoms with Gasteiger partial charge in [0.25, 0.3) is 0 Å². The van der Waals surface area contributed by atoms with Crippen LogP contribution in [0.15, 0.2) is 48.6 Å². The maximum Gasteiger partial charge on any atom is 0.407 e. The van der Waals surface area contributed by atoms with Gasteiger partial charge >= 0.3 is 6.09 Å². The lowest BCUT2D eigenvalue weighted by Gasteiger charge is -2.30. The minimum absolute atomic E-state index is 0.0654.